The normalized spacial score (nSPS) is 10.9. The summed E-state index contributed by atoms with van der Waals surface area (Å²) >= 11 is 17.4. The summed E-state index contributed by atoms with van der Waals surface area (Å²) < 4.78 is 2.08. The lowest BCUT2D eigenvalue weighted by Crippen LogP contribution is -2.24. The maximum Gasteiger partial charge on any atom is 0.191 e. The summed E-state index contributed by atoms with van der Waals surface area (Å²) in [7, 11) is 0. The number of hydrogen-bond acceptors (Lipinski definition) is 2. The van der Waals surface area contributed by atoms with Crippen LogP contribution in [0.1, 0.15) is 16.8 Å². The third kappa shape index (κ3) is 5.57. The molecule has 2 aromatic carbocycles. The highest BCUT2D eigenvalue weighted by Gasteiger charge is 2.02. The van der Waals surface area contributed by atoms with Crippen LogP contribution in [0.4, 0.5) is 5.69 Å². The Morgan fingerprint density at radius 3 is 2.78 bits per heavy atom. The minimum absolute atomic E-state index is 0.388. The topological polar surface area (TPSA) is 41.4 Å². The largest absolute Gasteiger partial charge is 0.342 e. The number of hydrogen-bond donors (Lipinski definition) is 2. The molecule has 0 radical (unpaired) electrons. The summed E-state index contributed by atoms with van der Waals surface area (Å²) in [6, 6.07) is 17.4. The maximum atomic E-state index is 6.12. The van der Waals surface area contributed by atoms with Crippen molar-refractivity contribution in [2.75, 3.05) is 5.32 Å². The van der Waals surface area contributed by atoms with E-state index >= 15 is 0 Å². The summed E-state index contributed by atoms with van der Waals surface area (Å²) in [6.45, 7) is 2.66. The molecule has 0 aliphatic rings. The SMILES string of the molecule is Cc1ccc(NC(=S)N/N=C\c2cccn2Cc2cccc(Cl)c2)cc1Cl. The van der Waals surface area contributed by atoms with E-state index in [0.29, 0.717) is 16.7 Å². The lowest BCUT2D eigenvalue weighted by molar-refractivity contribution is 0.799. The Balaban J connectivity index is 1.59. The average Bonchev–Trinajstić information content (AvgIpc) is 3.05. The number of nitrogens with one attached hydrogen (secondary N) is 2. The molecule has 0 atom stereocenters. The Labute approximate surface area is 173 Å². The van der Waals surface area contributed by atoms with Crippen LogP contribution < -0.4 is 10.7 Å². The molecule has 1 aromatic heterocycles. The third-order valence-electron chi connectivity index (χ3n) is 3.90. The van der Waals surface area contributed by atoms with Crippen LogP contribution in [0.5, 0.6) is 0 Å². The molecule has 3 rings (SSSR count). The van der Waals surface area contributed by atoms with E-state index in [1.807, 2.05) is 67.7 Å². The van der Waals surface area contributed by atoms with Crippen LogP contribution in [0.25, 0.3) is 0 Å². The maximum absolute atomic E-state index is 6.12. The second kappa shape index (κ2) is 9.04. The van der Waals surface area contributed by atoms with Crippen LogP contribution in [-0.2, 0) is 6.54 Å². The van der Waals surface area contributed by atoms with E-state index in [-0.39, 0.29) is 0 Å². The van der Waals surface area contributed by atoms with Crippen LogP contribution in [0.15, 0.2) is 65.9 Å². The van der Waals surface area contributed by atoms with Gasteiger partial charge >= 0.3 is 0 Å². The van der Waals surface area contributed by atoms with Gasteiger partial charge in [0.2, 0.25) is 0 Å². The molecule has 7 heteroatoms. The van der Waals surface area contributed by atoms with Gasteiger partial charge < -0.3 is 9.88 Å². The number of aryl methyl sites for hydroxylation is 1. The molecule has 1 heterocycles. The Hall–Kier alpha value is -2.34. The number of anilines is 1. The van der Waals surface area contributed by atoms with Gasteiger partial charge in [0.25, 0.3) is 0 Å². The quantitative estimate of drug-likeness (QED) is 0.329. The Kier molecular flexibility index (Phi) is 6.50. The molecule has 0 amide bonds. The molecule has 3 aromatic rings. The Bertz CT molecular complexity index is 982. The number of halogens is 2. The fourth-order valence-corrected chi connectivity index (χ4v) is 3.07. The molecular formula is C20H18Cl2N4S. The molecule has 0 saturated heterocycles. The van der Waals surface area contributed by atoms with Gasteiger partial charge in [-0.2, -0.15) is 5.10 Å². The van der Waals surface area contributed by atoms with E-state index in [4.69, 9.17) is 35.4 Å². The average molecular weight is 417 g/mol. The molecule has 0 aliphatic heterocycles. The van der Waals surface area contributed by atoms with Crippen LogP contribution in [0.3, 0.4) is 0 Å². The van der Waals surface area contributed by atoms with Crippen molar-refractivity contribution in [3.8, 4) is 0 Å². The first-order valence-electron chi connectivity index (χ1n) is 8.27. The van der Waals surface area contributed by atoms with Gasteiger partial charge in [0.15, 0.2) is 5.11 Å². The van der Waals surface area contributed by atoms with Crippen molar-refractivity contribution >= 4 is 52.4 Å². The van der Waals surface area contributed by atoms with Gasteiger partial charge in [0.05, 0.1) is 11.9 Å². The monoisotopic (exact) mass is 416 g/mol. The predicted molar refractivity (Wildman–Crippen MR) is 118 cm³/mol. The van der Waals surface area contributed by atoms with Gasteiger partial charge in [-0.1, -0.05) is 41.4 Å². The molecule has 0 unspecified atom stereocenters. The standard InChI is InChI=1S/C20H18Cl2N4S/c1-14-7-8-17(11-19(14)22)24-20(27)25-23-12-18-6-3-9-26(18)13-15-4-2-5-16(21)10-15/h2-12H,13H2,1H3,(H2,24,25,27)/b23-12-. The summed E-state index contributed by atoms with van der Waals surface area (Å²) in [5.74, 6) is 0. The van der Waals surface area contributed by atoms with Gasteiger partial charge in [0.1, 0.15) is 0 Å². The van der Waals surface area contributed by atoms with Crippen LogP contribution in [0, 0.1) is 6.92 Å². The zero-order valence-electron chi connectivity index (χ0n) is 14.6. The van der Waals surface area contributed by atoms with Crippen molar-refractivity contribution < 1.29 is 0 Å². The van der Waals surface area contributed by atoms with E-state index in [1.165, 1.54) is 0 Å². The smallest absolute Gasteiger partial charge is 0.191 e. The van der Waals surface area contributed by atoms with Crippen LogP contribution in [0.2, 0.25) is 10.0 Å². The Morgan fingerprint density at radius 1 is 1.15 bits per heavy atom. The highest BCUT2D eigenvalue weighted by Crippen LogP contribution is 2.19. The van der Waals surface area contributed by atoms with Crippen molar-refractivity contribution in [3.63, 3.8) is 0 Å². The van der Waals surface area contributed by atoms with E-state index in [1.54, 1.807) is 6.21 Å². The Morgan fingerprint density at radius 2 is 2.00 bits per heavy atom. The molecule has 0 saturated carbocycles. The molecule has 138 valence electrons. The number of nitrogens with zero attached hydrogens (tertiary/aromatic N) is 2. The lowest BCUT2D eigenvalue weighted by atomic mass is 10.2. The molecule has 0 fully saturated rings. The lowest BCUT2D eigenvalue weighted by Gasteiger charge is -2.09. The molecule has 0 bridgehead atoms. The van der Waals surface area contributed by atoms with E-state index in [9.17, 15) is 0 Å². The first-order chi connectivity index (χ1) is 13.0. The summed E-state index contributed by atoms with van der Waals surface area (Å²) in [5, 5.41) is 9.06. The first-order valence-corrected chi connectivity index (χ1v) is 9.43. The second-order valence-corrected chi connectivity index (χ2v) is 7.23. The van der Waals surface area contributed by atoms with Crippen molar-refractivity contribution in [1.29, 1.82) is 0 Å². The molecule has 4 nitrogen and oxygen atoms in total. The second-order valence-electron chi connectivity index (χ2n) is 5.98. The third-order valence-corrected chi connectivity index (χ3v) is 4.73. The summed E-state index contributed by atoms with van der Waals surface area (Å²) in [4.78, 5) is 0. The number of benzene rings is 2. The van der Waals surface area contributed by atoms with E-state index < -0.39 is 0 Å². The van der Waals surface area contributed by atoms with E-state index in [2.05, 4.69) is 20.4 Å². The zero-order chi connectivity index (χ0) is 19.2. The first kappa shape index (κ1) is 19.4. The van der Waals surface area contributed by atoms with Gasteiger partial charge in [-0.3, -0.25) is 5.43 Å². The number of hydrazone groups is 1. The van der Waals surface area contributed by atoms with Crippen LogP contribution >= 0.6 is 35.4 Å². The molecule has 0 spiro atoms. The van der Waals surface area contributed by atoms with Gasteiger partial charge in [-0.05, 0) is 66.7 Å². The highest BCUT2D eigenvalue weighted by atomic mass is 35.5. The highest BCUT2D eigenvalue weighted by molar-refractivity contribution is 7.80. The van der Waals surface area contributed by atoms with Gasteiger partial charge in [-0.15, -0.1) is 0 Å². The minimum Gasteiger partial charge on any atom is -0.342 e. The van der Waals surface area contributed by atoms with Crippen molar-refractivity contribution in [2.24, 2.45) is 5.10 Å². The van der Waals surface area contributed by atoms with Crippen LogP contribution in [-0.4, -0.2) is 15.9 Å². The summed E-state index contributed by atoms with van der Waals surface area (Å²) in [6.07, 6.45) is 3.72. The minimum atomic E-state index is 0.388. The number of rotatable bonds is 5. The molecular weight excluding hydrogens is 399 g/mol. The van der Waals surface area contributed by atoms with Gasteiger partial charge in [-0.25, -0.2) is 0 Å². The van der Waals surface area contributed by atoms with Gasteiger partial charge in [0, 0.05) is 28.5 Å². The molecule has 0 aliphatic carbocycles. The fraction of sp³-hybridized carbons (Fsp3) is 0.100. The number of thiocarbonyl (C=S) groups is 1. The fourth-order valence-electron chi connectivity index (χ4n) is 2.51. The zero-order valence-corrected chi connectivity index (χ0v) is 16.9. The molecule has 27 heavy (non-hydrogen) atoms. The predicted octanol–water partition coefficient (Wildman–Crippen LogP) is 5.47. The molecule has 2 N–H and O–H groups in total. The number of aromatic nitrogens is 1. The van der Waals surface area contributed by atoms with E-state index in [0.717, 1.165) is 27.5 Å². The van der Waals surface area contributed by atoms with Crippen molar-refractivity contribution in [1.82, 2.24) is 9.99 Å². The van der Waals surface area contributed by atoms with Crippen molar-refractivity contribution in [2.45, 2.75) is 13.5 Å². The summed E-state index contributed by atoms with van der Waals surface area (Å²) in [5.41, 5.74) is 6.71. The van der Waals surface area contributed by atoms with Crippen molar-refractivity contribution in [3.05, 3.63) is 87.7 Å².